The number of nitrogens with one attached hydrogen (secondary N) is 1. The molecule has 1 aliphatic rings. The van der Waals surface area contributed by atoms with Crippen LogP contribution in [-0.2, 0) is 0 Å². The lowest BCUT2D eigenvalue weighted by atomic mass is 10.2. The van der Waals surface area contributed by atoms with E-state index in [-0.39, 0.29) is 0 Å². The van der Waals surface area contributed by atoms with Gasteiger partial charge in [-0.15, -0.1) is 0 Å². The van der Waals surface area contributed by atoms with Crippen molar-refractivity contribution in [1.82, 2.24) is 9.97 Å². The van der Waals surface area contributed by atoms with Crippen molar-refractivity contribution in [3.8, 4) is 11.4 Å². The smallest absolute Gasteiger partial charge is 0.161 e. The van der Waals surface area contributed by atoms with Crippen molar-refractivity contribution in [3.05, 3.63) is 40.5 Å². The van der Waals surface area contributed by atoms with E-state index in [1.165, 1.54) is 12.8 Å². The van der Waals surface area contributed by atoms with Crippen LogP contribution in [0.25, 0.3) is 11.4 Å². The van der Waals surface area contributed by atoms with Crippen molar-refractivity contribution in [2.24, 2.45) is 0 Å². The zero-order chi connectivity index (χ0) is 13.2. The van der Waals surface area contributed by atoms with Crippen LogP contribution in [-0.4, -0.2) is 16.5 Å². The Balaban J connectivity index is 2.09. The Bertz CT molecular complexity index is 579. The summed E-state index contributed by atoms with van der Waals surface area (Å²) >= 11 is 3.64. The average molecular weight is 318 g/mol. The molecule has 98 valence electrons. The lowest BCUT2D eigenvalue weighted by Gasteiger charge is -2.11. The van der Waals surface area contributed by atoms with Crippen LogP contribution in [0.4, 0.5) is 5.82 Å². The molecule has 0 aliphatic heterocycles. The summed E-state index contributed by atoms with van der Waals surface area (Å²) < 4.78 is 1.02. The van der Waals surface area contributed by atoms with Crippen molar-refractivity contribution in [2.45, 2.75) is 25.7 Å². The molecule has 1 aromatic heterocycles. The van der Waals surface area contributed by atoms with Crippen molar-refractivity contribution in [2.75, 3.05) is 11.9 Å². The van der Waals surface area contributed by atoms with Crippen LogP contribution in [0.15, 0.2) is 34.8 Å². The number of anilines is 1. The van der Waals surface area contributed by atoms with Crippen LogP contribution in [0.5, 0.6) is 0 Å². The largest absolute Gasteiger partial charge is 0.369 e. The van der Waals surface area contributed by atoms with Gasteiger partial charge in [0.25, 0.3) is 0 Å². The van der Waals surface area contributed by atoms with Gasteiger partial charge in [0.15, 0.2) is 5.82 Å². The molecular formula is C15H16BrN3. The van der Waals surface area contributed by atoms with E-state index in [4.69, 9.17) is 4.98 Å². The minimum absolute atomic E-state index is 0.595. The third-order valence-electron chi connectivity index (χ3n) is 3.22. The van der Waals surface area contributed by atoms with Crippen LogP contribution in [0, 0.1) is 0 Å². The minimum Gasteiger partial charge on any atom is -0.369 e. The SMILES string of the molecule is CCNc1nc(-c2ccccc2)nc(C2CC2)c1Br. The van der Waals surface area contributed by atoms with E-state index in [9.17, 15) is 0 Å². The molecule has 0 spiro atoms. The van der Waals surface area contributed by atoms with Gasteiger partial charge in [-0.2, -0.15) is 0 Å². The Hall–Kier alpha value is -1.42. The van der Waals surface area contributed by atoms with Gasteiger partial charge < -0.3 is 5.32 Å². The van der Waals surface area contributed by atoms with Crippen LogP contribution in [0.1, 0.15) is 31.4 Å². The minimum atomic E-state index is 0.595. The predicted molar refractivity (Wildman–Crippen MR) is 81.3 cm³/mol. The van der Waals surface area contributed by atoms with Gasteiger partial charge in [0.05, 0.1) is 10.2 Å². The van der Waals surface area contributed by atoms with Crippen molar-refractivity contribution in [3.63, 3.8) is 0 Å². The Kier molecular flexibility index (Phi) is 3.51. The highest BCUT2D eigenvalue weighted by Gasteiger charge is 2.29. The number of aromatic nitrogens is 2. The normalized spacial score (nSPS) is 14.4. The Morgan fingerprint density at radius 1 is 1.21 bits per heavy atom. The number of halogens is 1. The highest BCUT2D eigenvalue weighted by atomic mass is 79.9. The molecule has 1 fully saturated rings. The fourth-order valence-corrected chi connectivity index (χ4v) is 2.73. The van der Waals surface area contributed by atoms with E-state index in [0.29, 0.717) is 5.92 Å². The van der Waals surface area contributed by atoms with E-state index in [1.807, 2.05) is 18.2 Å². The van der Waals surface area contributed by atoms with E-state index >= 15 is 0 Å². The molecule has 1 heterocycles. The zero-order valence-electron chi connectivity index (χ0n) is 10.9. The average Bonchev–Trinajstić information content (AvgIpc) is 3.27. The van der Waals surface area contributed by atoms with Gasteiger partial charge >= 0.3 is 0 Å². The highest BCUT2D eigenvalue weighted by Crippen LogP contribution is 2.44. The van der Waals surface area contributed by atoms with Gasteiger partial charge in [-0.3, -0.25) is 0 Å². The molecule has 4 heteroatoms. The Morgan fingerprint density at radius 3 is 2.58 bits per heavy atom. The molecule has 0 radical (unpaired) electrons. The van der Waals surface area contributed by atoms with Crippen LogP contribution < -0.4 is 5.32 Å². The third-order valence-corrected chi connectivity index (χ3v) is 4.00. The van der Waals surface area contributed by atoms with Crippen molar-refractivity contribution < 1.29 is 0 Å². The number of nitrogens with zero attached hydrogens (tertiary/aromatic N) is 2. The molecule has 1 aromatic carbocycles. The molecular weight excluding hydrogens is 302 g/mol. The monoisotopic (exact) mass is 317 g/mol. The first-order valence-electron chi connectivity index (χ1n) is 6.66. The standard InChI is InChI=1S/C15H16BrN3/c1-2-17-15-12(16)13(10-8-9-10)18-14(19-15)11-6-4-3-5-7-11/h3-7,10H,2,8-9H2,1H3,(H,17,18,19). The van der Waals surface area contributed by atoms with E-state index in [0.717, 1.165) is 33.9 Å². The molecule has 2 aromatic rings. The molecule has 3 nitrogen and oxygen atoms in total. The molecule has 0 amide bonds. The second-order valence-corrected chi connectivity index (χ2v) is 5.56. The van der Waals surface area contributed by atoms with Gasteiger partial charge in [-0.05, 0) is 35.7 Å². The maximum atomic E-state index is 4.75. The molecule has 1 aliphatic carbocycles. The summed E-state index contributed by atoms with van der Waals surface area (Å²) in [6.45, 7) is 2.93. The third kappa shape index (κ3) is 2.63. The van der Waals surface area contributed by atoms with Crippen molar-refractivity contribution >= 4 is 21.7 Å². The summed E-state index contributed by atoms with van der Waals surface area (Å²) in [4.78, 5) is 9.38. The fraction of sp³-hybridized carbons (Fsp3) is 0.333. The predicted octanol–water partition coefficient (Wildman–Crippen LogP) is 4.22. The number of hydrogen-bond donors (Lipinski definition) is 1. The van der Waals surface area contributed by atoms with Gasteiger partial charge in [-0.1, -0.05) is 30.3 Å². The summed E-state index contributed by atoms with van der Waals surface area (Å²) in [5.74, 6) is 2.30. The molecule has 0 unspecified atom stereocenters. The van der Waals surface area contributed by atoms with Gasteiger partial charge in [0.1, 0.15) is 5.82 Å². The first-order valence-corrected chi connectivity index (χ1v) is 7.45. The van der Waals surface area contributed by atoms with Crippen molar-refractivity contribution in [1.29, 1.82) is 0 Å². The maximum Gasteiger partial charge on any atom is 0.161 e. The first-order chi connectivity index (χ1) is 9.29. The lowest BCUT2D eigenvalue weighted by Crippen LogP contribution is -2.05. The first kappa shape index (κ1) is 12.6. The number of benzene rings is 1. The highest BCUT2D eigenvalue weighted by molar-refractivity contribution is 9.10. The zero-order valence-corrected chi connectivity index (χ0v) is 12.4. The van der Waals surface area contributed by atoms with E-state index < -0.39 is 0 Å². The second kappa shape index (κ2) is 5.29. The number of hydrogen-bond acceptors (Lipinski definition) is 3. The van der Waals surface area contributed by atoms with Crippen LogP contribution in [0.2, 0.25) is 0 Å². The molecule has 1 N–H and O–H groups in total. The topological polar surface area (TPSA) is 37.8 Å². The van der Waals surface area contributed by atoms with Gasteiger partial charge in [0.2, 0.25) is 0 Å². The van der Waals surface area contributed by atoms with E-state index in [2.05, 4.69) is 45.3 Å². The molecule has 3 rings (SSSR count). The summed E-state index contributed by atoms with van der Waals surface area (Å²) in [7, 11) is 0. The molecule has 1 saturated carbocycles. The van der Waals surface area contributed by atoms with Crippen LogP contribution >= 0.6 is 15.9 Å². The maximum absolute atomic E-state index is 4.75. The molecule has 0 bridgehead atoms. The second-order valence-electron chi connectivity index (χ2n) is 4.77. The number of rotatable bonds is 4. The molecule has 0 atom stereocenters. The molecule has 19 heavy (non-hydrogen) atoms. The summed E-state index contributed by atoms with van der Waals surface area (Å²) in [5, 5.41) is 3.31. The van der Waals surface area contributed by atoms with E-state index in [1.54, 1.807) is 0 Å². The Labute approximate surface area is 121 Å². The summed E-state index contributed by atoms with van der Waals surface area (Å²) in [6.07, 6.45) is 2.46. The van der Waals surface area contributed by atoms with Gasteiger partial charge in [-0.25, -0.2) is 9.97 Å². The Morgan fingerprint density at radius 2 is 1.95 bits per heavy atom. The summed E-state index contributed by atoms with van der Waals surface area (Å²) in [5.41, 5.74) is 2.21. The van der Waals surface area contributed by atoms with Crippen LogP contribution in [0.3, 0.4) is 0 Å². The lowest BCUT2D eigenvalue weighted by molar-refractivity contribution is 0.974. The van der Waals surface area contributed by atoms with Gasteiger partial charge in [0, 0.05) is 18.0 Å². The molecule has 0 saturated heterocycles. The summed E-state index contributed by atoms with van der Waals surface area (Å²) in [6, 6.07) is 10.1. The quantitative estimate of drug-likeness (QED) is 0.917. The fourth-order valence-electron chi connectivity index (χ4n) is 2.09.